The first kappa shape index (κ1) is 12.8. The summed E-state index contributed by atoms with van der Waals surface area (Å²) in [5.41, 5.74) is 0.649. The zero-order chi connectivity index (χ0) is 12.3. The third-order valence-corrected chi connectivity index (χ3v) is 3.62. The van der Waals surface area contributed by atoms with Gasteiger partial charge in [-0.1, -0.05) is 23.7 Å². The standard InChI is InChI=1S/C13H18ClFN2/c1-17-7-5-11(6-8-17)16-9-10-3-2-4-12(14)13(10)15/h2-4,11,16H,5-9H2,1H3. The van der Waals surface area contributed by atoms with Gasteiger partial charge in [-0.25, -0.2) is 4.39 Å². The molecular formula is C13H18ClFN2. The lowest BCUT2D eigenvalue weighted by atomic mass is 10.1. The van der Waals surface area contributed by atoms with Crippen molar-refractivity contribution in [3.8, 4) is 0 Å². The minimum absolute atomic E-state index is 0.202. The summed E-state index contributed by atoms with van der Waals surface area (Å²) in [5.74, 6) is -0.297. The maximum Gasteiger partial charge on any atom is 0.146 e. The summed E-state index contributed by atoms with van der Waals surface area (Å²) in [6.45, 7) is 2.77. The van der Waals surface area contributed by atoms with Crippen molar-refractivity contribution in [2.24, 2.45) is 0 Å². The highest BCUT2D eigenvalue weighted by molar-refractivity contribution is 6.30. The predicted molar refractivity (Wildman–Crippen MR) is 68.8 cm³/mol. The molecule has 0 unspecified atom stereocenters. The van der Waals surface area contributed by atoms with Gasteiger partial charge in [-0.15, -0.1) is 0 Å². The smallest absolute Gasteiger partial charge is 0.146 e. The van der Waals surface area contributed by atoms with Crippen molar-refractivity contribution < 1.29 is 4.39 Å². The Hall–Kier alpha value is -0.640. The Balaban J connectivity index is 1.87. The molecule has 4 heteroatoms. The second-order valence-corrected chi connectivity index (χ2v) is 5.08. The molecule has 0 radical (unpaired) electrons. The highest BCUT2D eigenvalue weighted by Crippen LogP contribution is 2.18. The van der Waals surface area contributed by atoms with Gasteiger partial charge in [-0.2, -0.15) is 0 Å². The first-order valence-corrected chi connectivity index (χ1v) is 6.39. The first-order valence-electron chi connectivity index (χ1n) is 6.01. The number of halogens is 2. The molecule has 1 heterocycles. The van der Waals surface area contributed by atoms with Crippen molar-refractivity contribution in [3.05, 3.63) is 34.6 Å². The average molecular weight is 257 g/mol. The number of likely N-dealkylation sites (tertiary alicyclic amines) is 1. The third kappa shape index (κ3) is 3.41. The first-order chi connectivity index (χ1) is 8.16. The lowest BCUT2D eigenvalue weighted by Gasteiger charge is -2.29. The van der Waals surface area contributed by atoms with Crippen LogP contribution < -0.4 is 5.32 Å². The van der Waals surface area contributed by atoms with Crippen LogP contribution in [0.2, 0.25) is 5.02 Å². The predicted octanol–water partition coefficient (Wildman–Crippen LogP) is 2.66. The Labute approximate surface area is 107 Å². The van der Waals surface area contributed by atoms with Crippen molar-refractivity contribution >= 4 is 11.6 Å². The lowest BCUT2D eigenvalue weighted by molar-refractivity contribution is 0.233. The summed E-state index contributed by atoms with van der Waals surface area (Å²) in [6, 6.07) is 5.64. The Bertz CT molecular complexity index is 376. The number of benzene rings is 1. The fraction of sp³-hybridized carbons (Fsp3) is 0.538. The van der Waals surface area contributed by atoms with Crippen molar-refractivity contribution in [1.29, 1.82) is 0 Å². The van der Waals surface area contributed by atoms with E-state index in [1.807, 2.05) is 0 Å². The zero-order valence-electron chi connectivity index (χ0n) is 10.0. The van der Waals surface area contributed by atoms with Crippen LogP contribution in [0.25, 0.3) is 0 Å². The van der Waals surface area contributed by atoms with Crippen LogP contribution in [-0.2, 0) is 6.54 Å². The molecule has 1 saturated heterocycles. The molecule has 17 heavy (non-hydrogen) atoms. The van der Waals surface area contributed by atoms with Crippen molar-refractivity contribution in [2.45, 2.75) is 25.4 Å². The van der Waals surface area contributed by atoms with Crippen LogP contribution in [-0.4, -0.2) is 31.1 Å². The summed E-state index contributed by atoms with van der Waals surface area (Å²) in [4.78, 5) is 2.32. The molecule has 0 spiro atoms. The summed E-state index contributed by atoms with van der Waals surface area (Å²) in [5, 5.41) is 3.60. The summed E-state index contributed by atoms with van der Waals surface area (Å²) in [6.07, 6.45) is 2.25. The number of nitrogens with zero attached hydrogens (tertiary/aromatic N) is 1. The van der Waals surface area contributed by atoms with E-state index in [1.165, 1.54) is 0 Å². The molecule has 0 aliphatic carbocycles. The molecule has 1 N–H and O–H groups in total. The van der Waals surface area contributed by atoms with Gasteiger partial charge in [0.15, 0.2) is 0 Å². The van der Waals surface area contributed by atoms with Crippen molar-refractivity contribution in [3.63, 3.8) is 0 Å². The fourth-order valence-electron chi connectivity index (χ4n) is 2.15. The van der Waals surface area contributed by atoms with E-state index in [1.54, 1.807) is 18.2 Å². The lowest BCUT2D eigenvalue weighted by Crippen LogP contribution is -2.40. The number of rotatable bonds is 3. The Kier molecular flexibility index (Phi) is 4.37. The van der Waals surface area contributed by atoms with E-state index < -0.39 is 0 Å². The largest absolute Gasteiger partial charge is 0.310 e. The van der Waals surface area contributed by atoms with Gasteiger partial charge < -0.3 is 10.2 Å². The van der Waals surface area contributed by atoms with Gasteiger partial charge in [-0.05, 0) is 39.0 Å². The van der Waals surface area contributed by atoms with E-state index in [0.717, 1.165) is 25.9 Å². The molecule has 2 rings (SSSR count). The van der Waals surface area contributed by atoms with Gasteiger partial charge in [0.25, 0.3) is 0 Å². The van der Waals surface area contributed by atoms with Crippen LogP contribution in [0, 0.1) is 5.82 Å². The normalized spacial score (nSPS) is 18.5. The van der Waals surface area contributed by atoms with Gasteiger partial charge in [-0.3, -0.25) is 0 Å². The van der Waals surface area contributed by atoms with E-state index in [-0.39, 0.29) is 10.8 Å². The number of hydrogen-bond acceptors (Lipinski definition) is 2. The Morgan fingerprint density at radius 1 is 1.41 bits per heavy atom. The molecule has 2 nitrogen and oxygen atoms in total. The Morgan fingerprint density at radius 2 is 2.12 bits per heavy atom. The molecule has 1 aromatic carbocycles. The van der Waals surface area contributed by atoms with E-state index in [0.29, 0.717) is 18.2 Å². The minimum atomic E-state index is -0.297. The highest BCUT2D eigenvalue weighted by Gasteiger charge is 2.16. The van der Waals surface area contributed by atoms with Crippen LogP contribution in [0.1, 0.15) is 18.4 Å². The molecular weight excluding hydrogens is 239 g/mol. The minimum Gasteiger partial charge on any atom is -0.310 e. The zero-order valence-corrected chi connectivity index (χ0v) is 10.8. The second-order valence-electron chi connectivity index (χ2n) is 4.67. The number of piperidine rings is 1. The van der Waals surface area contributed by atoms with Gasteiger partial charge in [0.2, 0.25) is 0 Å². The third-order valence-electron chi connectivity index (χ3n) is 3.33. The summed E-state index contributed by atoms with van der Waals surface area (Å²) < 4.78 is 13.6. The van der Waals surface area contributed by atoms with E-state index >= 15 is 0 Å². The number of hydrogen-bond donors (Lipinski definition) is 1. The topological polar surface area (TPSA) is 15.3 Å². The van der Waals surface area contributed by atoms with Gasteiger partial charge in [0.05, 0.1) is 5.02 Å². The molecule has 1 aliphatic heterocycles. The van der Waals surface area contributed by atoms with Crippen molar-refractivity contribution in [2.75, 3.05) is 20.1 Å². The molecule has 1 fully saturated rings. The van der Waals surface area contributed by atoms with Gasteiger partial charge in [0, 0.05) is 18.2 Å². The maximum atomic E-state index is 13.6. The fourth-order valence-corrected chi connectivity index (χ4v) is 2.35. The molecule has 0 saturated carbocycles. The molecule has 1 aromatic rings. The van der Waals surface area contributed by atoms with Crippen LogP contribution in [0.15, 0.2) is 18.2 Å². The maximum absolute atomic E-state index is 13.6. The molecule has 0 atom stereocenters. The average Bonchev–Trinajstić information content (AvgIpc) is 2.33. The summed E-state index contributed by atoms with van der Waals surface area (Å²) in [7, 11) is 2.13. The van der Waals surface area contributed by atoms with Gasteiger partial charge >= 0.3 is 0 Å². The molecule has 94 valence electrons. The highest BCUT2D eigenvalue weighted by atomic mass is 35.5. The SMILES string of the molecule is CN1CCC(NCc2cccc(Cl)c2F)CC1. The molecule has 0 aromatic heterocycles. The molecule has 0 bridgehead atoms. The van der Waals surface area contributed by atoms with Crippen LogP contribution in [0.4, 0.5) is 4.39 Å². The van der Waals surface area contributed by atoms with Crippen molar-refractivity contribution in [1.82, 2.24) is 10.2 Å². The van der Waals surface area contributed by atoms with Crippen LogP contribution >= 0.6 is 11.6 Å². The number of nitrogens with one attached hydrogen (secondary N) is 1. The molecule has 0 amide bonds. The van der Waals surface area contributed by atoms with Crippen LogP contribution in [0.3, 0.4) is 0 Å². The van der Waals surface area contributed by atoms with Crippen LogP contribution in [0.5, 0.6) is 0 Å². The summed E-state index contributed by atoms with van der Waals surface area (Å²) >= 11 is 5.75. The van der Waals surface area contributed by atoms with E-state index in [4.69, 9.17) is 11.6 Å². The van der Waals surface area contributed by atoms with E-state index in [9.17, 15) is 4.39 Å². The van der Waals surface area contributed by atoms with E-state index in [2.05, 4.69) is 17.3 Å². The quantitative estimate of drug-likeness (QED) is 0.895. The second kappa shape index (κ2) is 5.80. The molecule has 1 aliphatic rings. The monoisotopic (exact) mass is 256 g/mol. The van der Waals surface area contributed by atoms with Gasteiger partial charge in [0.1, 0.15) is 5.82 Å². The Morgan fingerprint density at radius 3 is 2.82 bits per heavy atom.